The third-order valence-electron chi connectivity index (χ3n) is 2.90. The minimum Gasteiger partial charge on any atom is -0.504 e. The fourth-order valence-corrected chi connectivity index (χ4v) is 2.05. The van der Waals surface area contributed by atoms with E-state index in [0.29, 0.717) is 5.69 Å². The number of hydrogen-bond donors (Lipinski definition) is 3. The Morgan fingerprint density at radius 3 is 2.55 bits per heavy atom. The minimum atomic E-state index is -0.511. The summed E-state index contributed by atoms with van der Waals surface area (Å²) in [5, 5.41) is 21.5. The van der Waals surface area contributed by atoms with Gasteiger partial charge in [-0.05, 0) is 30.7 Å². The fraction of sp³-hybridized carbons (Fsp3) is 0.133. The van der Waals surface area contributed by atoms with Gasteiger partial charge >= 0.3 is 0 Å². The summed E-state index contributed by atoms with van der Waals surface area (Å²) in [7, 11) is 0. The Hall–Kier alpha value is -2.20. The molecule has 5 heteroatoms. The van der Waals surface area contributed by atoms with Crippen molar-refractivity contribution in [2.24, 2.45) is 0 Å². The maximum Gasteiger partial charge on any atom is 0.259 e. The number of benzene rings is 2. The average molecular weight is 292 g/mol. The molecule has 1 unspecified atom stereocenters. The lowest BCUT2D eigenvalue weighted by Crippen LogP contribution is -2.13. The lowest BCUT2D eigenvalue weighted by molar-refractivity contribution is 0.102. The quantitative estimate of drug-likeness (QED) is 0.597. The monoisotopic (exact) mass is 291 g/mol. The third-order valence-corrected chi connectivity index (χ3v) is 3.13. The molecule has 2 aromatic carbocycles. The first-order chi connectivity index (χ1) is 9.50. The van der Waals surface area contributed by atoms with Crippen LogP contribution in [-0.4, -0.2) is 16.1 Å². The number of amides is 1. The predicted octanol–water partition coefficient (Wildman–Crippen LogP) is 3.65. The van der Waals surface area contributed by atoms with Gasteiger partial charge in [0.15, 0.2) is 11.5 Å². The van der Waals surface area contributed by atoms with Gasteiger partial charge in [-0.25, -0.2) is 0 Å². The summed E-state index contributed by atoms with van der Waals surface area (Å²) in [5.41, 5.74) is 1.35. The SMILES string of the molecule is CC(Cl)c1ccccc1NC(=O)c1cccc(O)c1O. The smallest absolute Gasteiger partial charge is 0.259 e. The largest absolute Gasteiger partial charge is 0.504 e. The molecule has 0 fully saturated rings. The number of carbonyl (C=O) groups excluding carboxylic acids is 1. The van der Waals surface area contributed by atoms with Crippen molar-refractivity contribution in [1.82, 2.24) is 0 Å². The summed E-state index contributed by atoms with van der Waals surface area (Å²) >= 11 is 6.05. The predicted molar refractivity (Wildman–Crippen MR) is 78.4 cm³/mol. The van der Waals surface area contributed by atoms with E-state index in [4.69, 9.17) is 11.6 Å². The van der Waals surface area contributed by atoms with E-state index >= 15 is 0 Å². The topological polar surface area (TPSA) is 69.6 Å². The van der Waals surface area contributed by atoms with Crippen LogP contribution in [0.4, 0.5) is 5.69 Å². The second-order valence-corrected chi connectivity index (χ2v) is 4.99. The van der Waals surface area contributed by atoms with Gasteiger partial charge in [0.1, 0.15) is 0 Å². The molecule has 104 valence electrons. The maximum atomic E-state index is 12.1. The van der Waals surface area contributed by atoms with Crippen LogP contribution in [-0.2, 0) is 0 Å². The Bertz CT molecular complexity index is 641. The van der Waals surface area contributed by atoms with E-state index in [1.165, 1.54) is 18.2 Å². The molecule has 0 heterocycles. The molecular weight excluding hydrogens is 278 g/mol. The van der Waals surface area contributed by atoms with Crippen molar-refractivity contribution in [2.75, 3.05) is 5.32 Å². The molecule has 0 aliphatic heterocycles. The highest BCUT2D eigenvalue weighted by Gasteiger charge is 2.16. The van der Waals surface area contributed by atoms with Crippen LogP contribution in [0.25, 0.3) is 0 Å². The number of nitrogens with one attached hydrogen (secondary N) is 1. The molecule has 0 spiro atoms. The van der Waals surface area contributed by atoms with Crippen molar-refractivity contribution >= 4 is 23.2 Å². The first-order valence-electron chi connectivity index (χ1n) is 6.06. The Labute approximate surface area is 121 Å². The van der Waals surface area contributed by atoms with Crippen LogP contribution in [0.5, 0.6) is 11.5 Å². The highest BCUT2D eigenvalue weighted by Crippen LogP contribution is 2.31. The van der Waals surface area contributed by atoms with Crippen LogP contribution >= 0.6 is 11.6 Å². The second kappa shape index (κ2) is 5.84. The van der Waals surface area contributed by atoms with Crippen molar-refractivity contribution < 1.29 is 15.0 Å². The standard InChI is InChI=1S/C15H14ClNO3/c1-9(16)10-5-2-3-7-12(10)17-15(20)11-6-4-8-13(18)14(11)19/h2-9,18-19H,1H3,(H,17,20). The van der Waals surface area contributed by atoms with Gasteiger partial charge in [-0.3, -0.25) is 4.79 Å². The normalized spacial score (nSPS) is 11.9. The number of para-hydroxylation sites is 2. The van der Waals surface area contributed by atoms with Gasteiger partial charge in [-0.2, -0.15) is 0 Å². The van der Waals surface area contributed by atoms with E-state index in [1.807, 2.05) is 12.1 Å². The zero-order valence-corrected chi connectivity index (χ0v) is 11.6. The number of carbonyl (C=O) groups is 1. The van der Waals surface area contributed by atoms with Gasteiger partial charge in [0.2, 0.25) is 0 Å². The number of alkyl halides is 1. The molecule has 2 rings (SSSR count). The number of rotatable bonds is 3. The van der Waals surface area contributed by atoms with Crippen molar-refractivity contribution in [3.05, 3.63) is 53.6 Å². The minimum absolute atomic E-state index is 0.00188. The van der Waals surface area contributed by atoms with Crippen LogP contribution in [0.2, 0.25) is 0 Å². The molecule has 0 aliphatic carbocycles. The van der Waals surface area contributed by atoms with Crippen molar-refractivity contribution in [1.29, 1.82) is 0 Å². The molecule has 0 saturated heterocycles. The van der Waals surface area contributed by atoms with E-state index in [1.54, 1.807) is 19.1 Å². The first kappa shape index (κ1) is 14.2. The summed E-state index contributed by atoms with van der Waals surface area (Å²) < 4.78 is 0. The molecule has 0 radical (unpaired) electrons. The lowest BCUT2D eigenvalue weighted by atomic mass is 10.1. The average Bonchev–Trinajstić information content (AvgIpc) is 2.42. The zero-order chi connectivity index (χ0) is 14.7. The summed E-state index contributed by atoms with van der Waals surface area (Å²) in [6.07, 6.45) is 0. The fourth-order valence-electron chi connectivity index (χ4n) is 1.86. The maximum absolute atomic E-state index is 12.1. The van der Waals surface area contributed by atoms with Gasteiger partial charge in [-0.1, -0.05) is 24.3 Å². The van der Waals surface area contributed by atoms with Crippen LogP contribution in [0.1, 0.15) is 28.2 Å². The van der Waals surface area contributed by atoms with E-state index in [9.17, 15) is 15.0 Å². The molecule has 4 nitrogen and oxygen atoms in total. The van der Waals surface area contributed by atoms with Gasteiger partial charge < -0.3 is 15.5 Å². The first-order valence-corrected chi connectivity index (χ1v) is 6.49. The summed E-state index contributed by atoms with van der Waals surface area (Å²) in [6, 6.07) is 11.4. The molecule has 1 amide bonds. The number of phenolic OH excluding ortho intramolecular Hbond substituents is 2. The van der Waals surface area contributed by atoms with Crippen LogP contribution in [0.15, 0.2) is 42.5 Å². The van der Waals surface area contributed by atoms with Crippen molar-refractivity contribution in [3.8, 4) is 11.5 Å². The molecule has 0 saturated carbocycles. The van der Waals surface area contributed by atoms with Gasteiger partial charge in [0.05, 0.1) is 10.9 Å². The highest BCUT2D eigenvalue weighted by atomic mass is 35.5. The summed E-state index contributed by atoms with van der Waals surface area (Å²) in [6.45, 7) is 1.80. The summed E-state index contributed by atoms with van der Waals surface area (Å²) in [4.78, 5) is 12.1. The van der Waals surface area contributed by atoms with E-state index in [2.05, 4.69) is 5.32 Å². The third kappa shape index (κ3) is 2.86. The second-order valence-electron chi connectivity index (χ2n) is 4.33. The molecule has 1 atom stereocenters. The van der Waals surface area contributed by atoms with E-state index in [-0.39, 0.29) is 16.7 Å². The number of aromatic hydroxyl groups is 2. The Morgan fingerprint density at radius 2 is 1.85 bits per heavy atom. The van der Waals surface area contributed by atoms with Crippen LogP contribution in [0, 0.1) is 0 Å². The molecule has 0 aromatic heterocycles. The van der Waals surface area contributed by atoms with Crippen LogP contribution in [0.3, 0.4) is 0 Å². The number of hydrogen-bond acceptors (Lipinski definition) is 3. The van der Waals surface area contributed by atoms with Gasteiger partial charge in [-0.15, -0.1) is 11.6 Å². The number of phenols is 2. The van der Waals surface area contributed by atoms with Crippen molar-refractivity contribution in [2.45, 2.75) is 12.3 Å². The zero-order valence-electron chi connectivity index (χ0n) is 10.8. The highest BCUT2D eigenvalue weighted by molar-refractivity contribution is 6.21. The molecule has 0 aliphatic rings. The van der Waals surface area contributed by atoms with Crippen molar-refractivity contribution in [3.63, 3.8) is 0 Å². The molecule has 0 bridgehead atoms. The summed E-state index contributed by atoms with van der Waals surface area (Å²) in [5.74, 6) is -1.29. The van der Waals surface area contributed by atoms with Crippen LogP contribution < -0.4 is 5.32 Å². The molecule has 20 heavy (non-hydrogen) atoms. The Morgan fingerprint density at radius 1 is 1.15 bits per heavy atom. The number of anilines is 1. The number of halogens is 1. The lowest BCUT2D eigenvalue weighted by Gasteiger charge is -2.13. The molecule has 2 aromatic rings. The molecular formula is C15H14ClNO3. The Kier molecular flexibility index (Phi) is 4.15. The van der Waals surface area contributed by atoms with Gasteiger partial charge in [0, 0.05) is 5.69 Å². The van der Waals surface area contributed by atoms with E-state index < -0.39 is 11.7 Å². The van der Waals surface area contributed by atoms with Gasteiger partial charge in [0.25, 0.3) is 5.91 Å². The molecule has 3 N–H and O–H groups in total. The Balaban J connectivity index is 2.31. The van der Waals surface area contributed by atoms with E-state index in [0.717, 1.165) is 5.56 Å².